The van der Waals surface area contributed by atoms with E-state index < -0.39 is 0 Å². The third-order valence-electron chi connectivity index (χ3n) is 1.94. The molecule has 0 saturated carbocycles. The molecule has 0 bridgehead atoms. The molecule has 0 fully saturated rings. The molecule has 0 amide bonds. The average molecular weight is 187 g/mol. The van der Waals surface area contributed by atoms with Gasteiger partial charge < -0.3 is 5.11 Å². The fraction of sp³-hybridized carbons (Fsp3) is 0. The van der Waals surface area contributed by atoms with Crippen LogP contribution in [0.4, 0.5) is 0 Å². The van der Waals surface area contributed by atoms with Gasteiger partial charge in [-0.2, -0.15) is 0 Å². The number of aromatic hydroxyl groups is 1. The summed E-state index contributed by atoms with van der Waals surface area (Å²) in [5, 5.41) is 9.07. The number of hydrogen-bond donors (Lipinski definition) is 1. The van der Waals surface area contributed by atoms with Crippen LogP contribution in [0.1, 0.15) is 0 Å². The number of benzene rings is 1. The molecule has 0 aliphatic heterocycles. The number of para-hydroxylation sites is 1. The van der Waals surface area contributed by atoms with Gasteiger partial charge in [0.15, 0.2) is 0 Å². The molecule has 0 atom stereocenters. The van der Waals surface area contributed by atoms with Crippen LogP contribution in [0, 0.1) is 0 Å². The summed E-state index contributed by atoms with van der Waals surface area (Å²) in [6.45, 7) is 0. The van der Waals surface area contributed by atoms with Crippen molar-refractivity contribution in [1.82, 2.24) is 4.57 Å². The Kier molecular flexibility index (Phi) is 2.07. The Morgan fingerprint density at radius 1 is 1.07 bits per heavy atom. The Morgan fingerprint density at radius 3 is 2.43 bits per heavy atom. The van der Waals surface area contributed by atoms with Gasteiger partial charge >= 0.3 is 0 Å². The van der Waals surface area contributed by atoms with Gasteiger partial charge in [-0.15, -0.1) is 0 Å². The number of aromatic nitrogens is 1. The quantitative estimate of drug-likeness (QED) is 0.735. The van der Waals surface area contributed by atoms with Gasteiger partial charge in [-0.3, -0.25) is 9.36 Å². The minimum absolute atomic E-state index is 0.0119. The van der Waals surface area contributed by atoms with Gasteiger partial charge in [-0.1, -0.05) is 18.2 Å². The summed E-state index contributed by atoms with van der Waals surface area (Å²) in [7, 11) is 0. The Hall–Kier alpha value is -2.03. The molecule has 0 aliphatic carbocycles. The van der Waals surface area contributed by atoms with Gasteiger partial charge in [0.1, 0.15) is 5.75 Å². The molecular weight excluding hydrogens is 178 g/mol. The molecular formula is C11H9NO2. The van der Waals surface area contributed by atoms with Gasteiger partial charge in [-0.25, -0.2) is 0 Å². The monoisotopic (exact) mass is 187 g/mol. The lowest BCUT2D eigenvalue weighted by molar-refractivity contribution is 0.473. The van der Waals surface area contributed by atoms with Crippen LogP contribution in [0.15, 0.2) is 53.5 Å². The highest BCUT2D eigenvalue weighted by atomic mass is 16.3. The fourth-order valence-electron chi connectivity index (χ4n) is 1.27. The highest BCUT2D eigenvalue weighted by Crippen LogP contribution is 2.07. The number of hydrogen-bond acceptors (Lipinski definition) is 2. The van der Waals surface area contributed by atoms with E-state index in [0.29, 0.717) is 0 Å². The van der Waals surface area contributed by atoms with E-state index in [1.54, 1.807) is 6.20 Å². The van der Waals surface area contributed by atoms with E-state index in [2.05, 4.69) is 0 Å². The molecule has 14 heavy (non-hydrogen) atoms. The van der Waals surface area contributed by atoms with Crippen molar-refractivity contribution in [3.8, 4) is 11.4 Å². The summed E-state index contributed by atoms with van der Waals surface area (Å²) < 4.78 is 1.47. The van der Waals surface area contributed by atoms with Crippen molar-refractivity contribution in [3.63, 3.8) is 0 Å². The fourth-order valence-corrected chi connectivity index (χ4v) is 1.27. The molecule has 70 valence electrons. The lowest BCUT2D eigenvalue weighted by Gasteiger charge is -2.04. The Labute approximate surface area is 80.9 Å². The predicted molar refractivity (Wildman–Crippen MR) is 53.7 cm³/mol. The molecule has 0 radical (unpaired) electrons. The second kappa shape index (κ2) is 3.38. The maximum absolute atomic E-state index is 11.4. The molecule has 1 N–H and O–H groups in total. The van der Waals surface area contributed by atoms with Crippen LogP contribution >= 0.6 is 0 Å². The Morgan fingerprint density at radius 2 is 1.79 bits per heavy atom. The second-order valence-electron chi connectivity index (χ2n) is 2.93. The molecule has 0 aliphatic rings. The van der Waals surface area contributed by atoms with E-state index in [-0.39, 0.29) is 11.3 Å². The first-order valence-electron chi connectivity index (χ1n) is 4.24. The van der Waals surface area contributed by atoms with E-state index in [1.807, 2.05) is 30.3 Å². The maximum atomic E-state index is 11.4. The number of nitrogens with zero attached hydrogens (tertiary/aromatic N) is 1. The van der Waals surface area contributed by atoms with Gasteiger partial charge in [0.25, 0.3) is 5.56 Å². The van der Waals surface area contributed by atoms with Gasteiger partial charge in [0.05, 0.1) is 0 Å². The second-order valence-corrected chi connectivity index (χ2v) is 2.93. The molecule has 3 heteroatoms. The van der Waals surface area contributed by atoms with E-state index in [1.165, 1.54) is 16.7 Å². The zero-order chi connectivity index (χ0) is 9.97. The van der Waals surface area contributed by atoms with Crippen LogP contribution in [0.25, 0.3) is 5.69 Å². The van der Waals surface area contributed by atoms with E-state index in [0.717, 1.165) is 5.69 Å². The van der Waals surface area contributed by atoms with Crippen molar-refractivity contribution >= 4 is 0 Å². The van der Waals surface area contributed by atoms with Crippen molar-refractivity contribution < 1.29 is 5.11 Å². The highest BCUT2D eigenvalue weighted by Gasteiger charge is 1.98. The molecule has 1 aromatic heterocycles. The highest BCUT2D eigenvalue weighted by molar-refractivity contribution is 5.33. The summed E-state index contributed by atoms with van der Waals surface area (Å²) >= 11 is 0. The Bertz CT molecular complexity index is 488. The minimum atomic E-state index is -0.240. The number of rotatable bonds is 1. The summed E-state index contributed by atoms with van der Waals surface area (Å²) in [6.07, 6.45) is 1.55. The van der Waals surface area contributed by atoms with Crippen LogP contribution in [-0.4, -0.2) is 9.67 Å². The van der Waals surface area contributed by atoms with Crippen molar-refractivity contribution in [3.05, 3.63) is 59.0 Å². The standard InChI is InChI=1S/C11H9NO2/c13-10-6-7-12(11(14)8-10)9-4-2-1-3-5-9/h1-8,13H. The first kappa shape index (κ1) is 8.56. The smallest absolute Gasteiger partial charge is 0.258 e. The topological polar surface area (TPSA) is 42.2 Å². The van der Waals surface area contributed by atoms with Crippen LogP contribution < -0.4 is 5.56 Å². The van der Waals surface area contributed by atoms with E-state index in [4.69, 9.17) is 5.11 Å². The largest absolute Gasteiger partial charge is 0.508 e. The van der Waals surface area contributed by atoms with E-state index >= 15 is 0 Å². The molecule has 0 spiro atoms. The first-order chi connectivity index (χ1) is 6.77. The molecule has 1 heterocycles. The minimum Gasteiger partial charge on any atom is -0.508 e. The zero-order valence-electron chi connectivity index (χ0n) is 7.42. The Balaban J connectivity index is 2.59. The molecule has 0 unspecified atom stereocenters. The zero-order valence-corrected chi connectivity index (χ0v) is 7.42. The lowest BCUT2D eigenvalue weighted by Crippen LogP contribution is -2.15. The van der Waals surface area contributed by atoms with Gasteiger partial charge in [0.2, 0.25) is 0 Å². The normalized spacial score (nSPS) is 10.0. The number of pyridine rings is 1. The van der Waals surface area contributed by atoms with Crippen molar-refractivity contribution in [1.29, 1.82) is 0 Å². The van der Waals surface area contributed by atoms with Crippen LogP contribution in [0.3, 0.4) is 0 Å². The molecule has 2 rings (SSSR count). The van der Waals surface area contributed by atoms with Gasteiger partial charge in [-0.05, 0) is 18.2 Å². The summed E-state index contributed by atoms with van der Waals surface area (Å²) in [4.78, 5) is 11.4. The van der Waals surface area contributed by atoms with E-state index in [9.17, 15) is 4.79 Å². The summed E-state index contributed by atoms with van der Waals surface area (Å²) in [5.74, 6) is -0.0119. The first-order valence-corrected chi connectivity index (χ1v) is 4.24. The predicted octanol–water partition coefficient (Wildman–Crippen LogP) is 1.54. The maximum Gasteiger partial charge on any atom is 0.258 e. The summed E-state index contributed by atoms with van der Waals surface area (Å²) in [5.41, 5.74) is 0.550. The molecule has 3 nitrogen and oxygen atoms in total. The van der Waals surface area contributed by atoms with Crippen molar-refractivity contribution in [2.75, 3.05) is 0 Å². The van der Waals surface area contributed by atoms with Crippen molar-refractivity contribution in [2.24, 2.45) is 0 Å². The SMILES string of the molecule is O=c1cc(O)ccn1-c1ccccc1. The summed E-state index contributed by atoms with van der Waals surface area (Å²) in [6, 6.07) is 11.9. The van der Waals surface area contributed by atoms with Gasteiger partial charge in [0, 0.05) is 18.0 Å². The van der Waals surface area contributed by atoms with Crippen LogP contribution in [0.5, 0.6) is 5.75 Å². The van der Waals surface area contributed by atoms with Crippen LogP contribution in [-0.2, 0) is 0 Å². The third kappa shape index (κ3) is 1.52. The molecule has 1 aromatic carbocycles. The third-order valence-corrected chi connectivity index (χ3v) is 1.94. The average Bonchev–Trinajstić information content (AvgIpc) is 2.19. The molecule has 2 aromatic rings. The lowest BCUT2D eigenvalue weighted by atomic mass is 10.3. The van der Waals surface area contributed by atoms with Crippen LogP contribution in [0.2, 0.25) is 0 Å². The molecule has 0 saturated heterocycles. The van der Waals surface area contributed by atoms with Crippen molar-refractivity contribution in [2.45, 2.75) is 0 Å².